The molecule has 0 amide bonds. The van der Waals surface area contributed by atoms with Crippen LogP contribution < -0.4 is 0 Å². The lowest BCUT2D eigenvalue weighted by atomic mass is 9.91. The van der Waals surface area contributed by atoms with E-state index in [1.165, 1.54) is 225 Å². The average Bonchev–Trinajstić information content (AvgIpc) is 3.09. The van der Waals surface area contributed by atoms with Crippen molar-refractivity contribution in [1.29, 1.82) is 0 Å². The molecule has 0 heterocycles. The number of unbranched alkanes of at least 4 members (excludes halogenated alkanes) is 37. The van der Waals surface area contributed by atoms with E-state index < -0.39 is 18.0 Å². The SMILES string of the molecule is CCCCCCCCCCCCCCCCCCCCCCCCCCCCCC(O)C(CCCCCCCCCCCCCC)C(=O)O. The Hall–Kier alpha value is -0.570. The van der Waals surface area contributed by atoms with Gasteiger partial charge in [-0.1, -0.05) is 264 Å². The molecular weight excluding hydrogens is 601 g/mol. The fraction of sp³-hybridized carbons (Fsp3) is 0.978. The second kappa shape index (κ2) is 41.8. The van der Waals surface area contributed by atoms with E-state index in [1.54, 1.807) is 0 Å². The van der Waals surface area contributed by atoms with Gasteiger partial charge in [0, 0.05) is 0 Å². The van der Waals surface area contributed by atoms with Crippen molar-refractivity contribution in [2.24, 2.45) is 5.92 Å². The largest absolute Gasteiger partial charge is 0.481 e. The zero-order valence-electron chi connectivity index (χ0n) is 33.9. The molecule has 2 atom stereocenters. The fourth-order valence-electron chi connectivity index (χ4n) is 7.73. The summed E-state index contributed by atoms with van der Waals surface area (Å²) in [5.41, 5.74) is 0. The lowest BCUT2D eigenvalue weighted by Crippen LogP contribution is -2.28. The number of rotatable bonds is 43. The topological polar surface area (TPSA) is 57.5 Å². The van der Waals surface area contributed by atoms with Crippen LogP contribution in [0.5, 0.6) is 0 Å². The maximum Gasteiger partial charge on any atom is 0.309 e. The molecule has 3 heteroatoms. The molecule has 2 unspecified atom stereocenters. The molecule has 3 nitrogen and oxygen atoms in total. The standard InChI is InChI=1S/C46H92O3/c1-3-5-7-9-11-13-15-17-18-19-20-21-22-23-24-25-26-27-28-29-30-31-33-35-37-39-41-43-45(47)44(46(48)49)42-40-38-36-34-32-16-14-12-10-8-6-4-2/h44-45,47H,3-43H2,1-2H3,(H,48,49). The van der Waals surface area contributed by atoms with Crippen LogP contribution in [0.2, 0.25) is 0 Å². The van der Waals surface area contributed by atoms with Crippen LogP contribution in [-0.2, 0) is 4.79 Å². The molecule has 0 aliphatic carbocycles. The van der Waals surface area contributed by atoms with Gasteiger partial charge in [0.1, 0.15) is 0 Å². The van der Waals surface area contributed by atoms with Gasteiger partial charge in [-0.05, 0) is 12.8 Å². The molecule has 0 aliphatic rings. The van der Waals surface area contributed by atoms with E-state index in [1.807, 2.05) is 0 Å². The highest BCUT2D eigenvalue weighted by molar-refractivity contribution is 5.70. The Bertz CT molecular complexity index is 619. The first kappa shape index (κ1) is 48.4. The van der Waals surface area contributed by atoms with Crippen LogP contribution in [-0.4, -0.2) is 22.3 Å². The Morgan fingerprint density at radius 2 is 0.510 bits per heavy atom. The Morgan fingerprint density at radius 1 is 0.327 bits per heavy atom. The molecule has 294 valence electrons. The van der Waals surface area contributed by atoms with E-state index in [2.05, 4.69) is 13.8 Å². The first-order chi connectivity index (χ1) is 24.1. The summed E-state index contributed by atoms with van der Waals surface area (Å²) >= 11 is 0. The number of hydrogen-bond donors (Lipinski definition) is 2. The quantitative estimate of drug-likeness (QED) is 0.0625. The molecule has 0 fully saturated rings. The summed E-state index contributed by atoms with van der Waals surface area (Å²) in [7, 11) is 0. The monoisotopic (exact) mass is 693 g/mol. The fourth-order valence-corrected chi connectivity index (χ4v) is 7.73. The van der Waals surface area contributed by atoms with Crippen LogP contribution in [0.1, 0.15) is 277 Å². The summed E-state index contributed by atoms with van der Waals surface area (Å²) in [6.07, 6.45) is 53.7. The molecule has 0 aliphatic heterocycles. The number of carboxylic acid groups (broad SMARTS) is 1. The van der Waals surface area contributed by atoms with Gasteiger partial charge in [-0.15, -0.1) is 0 Å². The van der Waals surface area contributed by atoms with E-state index in [4.69, 9.17) is 0 Å². The average molecular weight is 693 g/mol. The first-order valence-corrected chi connectivity index (χ1v) is 23.0. The molecule has 0 spiro atoms. The van der Waals surface area contributed by atoms with Gasteiger partial charge in [0.2, 0.25) is 0 Å². The van der Waals surface area contributed by atoms with Crippen LogP contribution in [0.4, 0.5) is 0 Å². The minimum atomic E-state index is -0.805. The van der Waals surface area contributed by atoms with Gasteiger partial charge in [-0.25, -0.2) is 0 Å². The van der Waals surface area contributed by atoms with E-state index in [-0.39, 0.29) is 0 Å². The van der Waals surface area contributed by atoms with Gasteiger partial charge >= 0.3 is 5.97 Å². The lowest BCUT2D eigenvalue weighted by molar-refractivity contribution is -0.146. The van der Waals surface area contributed by atoms with Crippen molar-refractivity contribution in [3.8, 4) is 0 Å². The highest BCUT2D eigenvalue weighted by atomic mass is 16.4. The molecule has 0 saturated carbocycles. The first-order valence-electron chi connectivity index (χ1n) is 23.0. The normalized spacial score (nSPS) is 12.9. The van der Waals surface area contributed by atoms with Crippen LogP contribution >= 0.6 is 0 Å². The summed E-state index contributed by atoms with van der Waals surface area (Å²) in [5, 5.41) is 20.2. The molecule has 0 radical (unpaired) electrons. The van der Waals surface area contributed by atoms with Crippen molar-refractivity contribution in [3.05, 3.63) is 0 Å². The summed E-state index contributed by atoms with van der Waals surface area (Å²) in [6, 6.07) is 0. The second-order valence-corrected chi connectivity index (χ2v) is 16.2. The summed E-state index contributed by atoms with van der Waals surface area (Å²) in [6.45, 7) is 4.57. The molecule has 2 N–H and O–H groups in total. The van der Waals surface area contributed by atoms with Gasteiger partial charge in [0.05, 0.1) is 12.0 Å². The van der Waals surface area contributed by atoms with Crippen molar-refractivity contribution in [2.45, 2.75) is 283 Å². The highest BCUT2D eigenvalue weighted by Gasteiger charge is 2.25. The van der Waals surface area contributed by atoms with Crippen molar-refractivity contribution in [2.75, 3.05) is 0 Å². The molecule has 0 aromatic heterocycles. The van der Waals surface area contributed by atoms with Crippen LogP contribution in [0.25, 0.3) is 0 Å². The smallest absolute Gasteiger partial charge is 0.309 e. The van der Waals surface area contributed by atoms with Crippen LogP contribution in [0, 0.1) is 5.92 Å². The molecule has 0 bridgehead atoms. The highest BCUT2D eigenvalue weighted by Crippen LogP contribution is 2.21. The summed E-state index contributed by atoms with van der Waals surface area (Å²) in [5.74, 6) is -1.38. The Balaban J connectivity index is 3.38. The minimum Gasteiger partial charge on any atom is -0.481 e. The predicted molar refractivity (Wildman–Crippen MR) is 218 cm³/mol. The van der Waals surface area contributed by atoms with E-state index in [0.29, 0.717) is 12.8 Å². The van der Waals surface area contributed by atoms with Crippen molar-refractivity contribution in [1.82, 2.24) is 0 Å². The molecule has 0 aromatic rings. The maximum absolute atomic E-state index is 11.8. The Labute approximate surface area is 309 Å². The maximum atomic E-state index is 11.8. The number of aliphatic hydroxyl groups is 1. The van der Waals surface area contributed by atoms with Gasteiger partial charge < -0.3 is 10.2 Å². The van der Waals surface area contributed by atoms with Gasteiger partial charge in [0.15, 0.2) is 0 Å². The number of aliphatic hydroxyl groups excluding tert-OH is 1. The molecule has 0 aromatic carbocycles. The Morgan fingerprint density at radius 3 is 0.714 bits per heavy atom. The zero-order chi connectivity index (χ0) is 35.7. The minimum absolute atomic E-state index is 0.577. The third-order valence-corrected chi connectivity index (χ3v) is 11.3. The lowest BCUT2D eigenvalue weighted by Gasteiger charge is -2.19. The number of aliphatic carboxylic acids is 1. The number of hydrogen-bond acceptors (Lipinski definition) is 2. The van der Waals surface area contributed by atoms with E-state index >= 15 is 0 Å². The Kier molecular flexibility index (Phi) is 41.4. The predicted octanol–water partition coefficient (Wildman–Crippen LogP) is 16.1. The third kappa shape index (κ3) is 38.5. The zero-order valence-corrected chi connectivity index (χ0v) is 33.9. The third-order valence-electron chi connectivity index (χ3n) is 11.3. The summed E-state index contributed by atoms with van der Waals surface area (Å²) < 4.78 is 0. The van der Waals surface area contributed by atoms with Gasteiger partial charge in [-0.2, -0.15) is 0 Å². The molecule has 49 heavy (non-hydrogen) atoms. The van der Waals surface area contributed by atoms with Crippen molar-refractivity contribution >= 4 is 5.97 Å². The van der Waals surface area contributed by atoms with Crippen LogP contribution in [0.15, 0.2) is 0 Å². The van der Waals surface area contributed by atoms with Crippen molar-refractivity contribution < 1.29 is 15.0 Å². The van der Waals surface area contributed by atoms with E-state index in [0.717, 1.165) is 25.7 Å². The molecular formula is C46H92O3. The molecule has 0 saturated heterocycles. The van der Waals surface area contributed by atoms with Crippen molar-refractivity contribution in [3.63, 3.8) is 0 Å². The number of carboxylic acids is 1. The molecule has 0 rings (SSSR count). The van der Waals surface area contributed by atoms with E-state index in [9.17, 15) is 15.0 Å². The summed E-state index contributed by atoms with van der Waals surface area (Å²) in [4.78, 5) is 11.8. The number of carbonyl (C=O) groups is 1. The van der Waals surface area contributed by atoms with Gasteiger partial charge in [0.25, 0.3) is 0 Å². The van der Waals surface area contributed by atoms with Gasteiger partial charge in [-0.3, -0.25) is 4.79 Å². The second-order valence-electron chi connectivity index (χ2n) is 16.2. The van der Waals surface area contributed by atoms with Crippen LogP contribution in [0.3, 0.4) is 0 Å².